The summed E-state index contributed by atoms with van der Waals surface area (Å²) >= 11 is 0. The number of tetrazole rings is 1. The van der Waals surface area contributed by atoms with Crippen LogP contribution in [-0.2, 0) is 0 Å². The molecule has 1 aromatic carbocycles. The van der Waals surface area contributed by atoms with Gasteiger partial charge in [0, 0.05) is 38.1 Å². The number of likely N-dealkylation sites (N-methyl/N-ethyl adjacent to an activating group) is 1. The Labute approximate surface area is 149 Å². The van der Waals surface area contributed by atoms with Crippen molar-refractivity contribution in [1.29, 1.82) is 5.26 Å². The number of nitriles is 1. The highest BCUT2D eigenvalue weighted by Gasteiger charge is 2.18. The summed E-state index contributed by atoms with van der Waals surface area (Å²) in [5.41, 5.74) is 1.51. The number of aromatic amines is 1. The largest absolute Gasteiger partial charge is 0.478 e. The average molecular weight is 354 g/mol. The molecule has 0 radical (unpaired) electrons. The Kier molecular flexibility index (Phi) is 5.09. The Balaban J connectivity index is 1.83. The van der Waals surface area contributed by atoms with Gasteiger partial charge in [-0.15, -0.1) is 10.2 Å². The van der Waals surface area contributed by atoms with Crippen molar-refractivity contribution in [3.63, 3.8) is 0 Å². The third-order valence-corrected chi connectivity index (χ3v) is 4.18. The van der Waals surface area contributed by atoms with Crippen LogP contribution in [0.3, 0.4) is 0 Å². The first-order valence-electron chi connectivity index (χ1n) is 8.00. The van der Waals surface area contributed by atoms with Crippen molar-refractivity contribution in [3.05, 3.63) is 35.8 Å². The molecule has 0 unspecified atom stereocenters. The number of aromatic carboxylic acids is 1. The number of carboxylic acid groups (broad SMARTS) is 1. The number of nitrogens with one attached hydrogen (secondary N) is 2. The highest BCUT2D eigenvalue weighted by Crippen LogP contribution is 2.25. The third-order valence-electron chi connectivity index (χ3n) is 4.18. The number of carbonyl (C=O) groups is 1. The van der Waals surface area contributed by atoms with Gasteiger partial charge in [-0.2, -0.15) is 10.5 Å². The van der Waals surface area contributed by atoms with E-state index in [-0.39, 0.29) is 17.0 Å². The number of H-pyrrole nitrogens is 1. The zero-order valence-corrected chi connectivity index (χ0v) is 14.2. The number of nitrogens with zero attached hydrogens (tertiary/aromatic N) is 6. The molecule has 3 rings (SSSR count). The van der Waals surface area contributed by atoms with Crippen LogP contribution in [0, 0.1) is 11.3 Å². The second kappa shape index (κ2) is 7.62. The molecule has 0 aliphatic carbocycles. The van der Waals surface area contributed by atoms with Gasteiger partial charge >= 0.3 is 5.97 Å². The standard InChI is InChI=1S/C16H18N8O2/c1-23-4-6-24(7-5-23)12-2-3-14(13(8-12)16(25)26)18-10-11(9-17)15-19-21-22-20-15/h2-3,8,10,18H,4-7H2,1H3,(H,25,26)(H,19,20,21,22). The van der Waals surface area contributed by atoms with Crippen molar-refractivity contribution in [3.8, 4) is 6.07 Å². The zero-order valence-electron chi connectivity index (χ0n) is 14.2. The minimum Gasteiger partial charge on any atom is -0.478 e. The molecule has 10 nitrogen and oxygen atoms in total. The second-order valence-corrected chi connectivity index (χ2v) is 5.87. The fourth-order valence-electron chi connectivity index (χ4n) is 2.67. The minimum absolute atomic E-state index is 0.128. The lowest BCUT2D eigenvalue weighted by atomic mass is 10.1. The molecule has 1 aromatic heterocycles. The summed E-state index contributed by atoms with van der Waals surface area (Å²) in [4.78, 5) is 16.1. The van der Waals surface area contributed by atoms with Crippen LogP contribution in [0.25, 0.3) is 5.57 Å². The van der Waals surface area contributed by atoms with E-state index in [4.69, 9.17) is 0 Å². The van der Waals surface area contributed by atoms with Crippen LogP contribution in [0.5, 0.6) is 0 Å². The molecule has 0 spiro atoms. The van der Waals surface area contributed by atoms with Crippen molar-refractivity contribution < 1.29 is 9.90 Å². The number of aromatic nitrogens is 4. The summed E-state index contributed by atoms with van der Waals surface area (Å²) in [7, 11) is 2.07. The van der Waals surface area contributed by atoms with Crippen molar-refractivity contribution in [2.45, 2.75) is 0 Å². The molecule has 0 atom stereocenters. The number of benzene rings is 1. The molecule has 1 aliphatic heterocycles. The smallest absolute Gasteiger partial charge is 0.337 e. The number of anilines is 2. The van der Waals surface area contributed by atoms with Gasteiger partial charge in [0.1, 0.15) is 11.6 Å². The van der Waals surface area contributed by atoms with E-state index < -0.39 is 5.97 Å². The highest BCUT2D eigenvalue weighted by atomic mass is 16.4. The Hall–Kier alpha value is -3.45. The number of rotatable bonds is 5. The van der Waals surface area contributed by atoms with Crippen molar-refractivity contribution in [2.24, 2.45) is 0 Å². The first-order valence-corrected chi connectivity index (χ1v) is 8.00. The summed E-state index contributed by atoms with van der Waals surface area (Å²) in [6.45, 7) is 3.56. The van der Waals surface area contributed by atoms with Gasteiger partial charge in [0.25, 0.3) is 0 Å². The van der Waals surface area contributed by atoms with Crippen LogP contribution in [0.1, 0.15) is 16.2 Å². The van der Waals surface area contributed by atoms with Crippen molar-refractivity contribution >= 4 is 22.9 Å². The molecule has 26 heavy (non-hydrogen) atoms. The Morgan fingerprint density at radius 3 is 2.77 bits per heavy atom. The van der Waals surface area contributed by atoms with E-state index in [2.05, 4.69) is 42.8 Å². The van der Waals surface area contributed by atoms with Gasteiger partial charge in [0.2, 0.25) is 5.82 Å². The Morgan fingerprint density at radius 1 is 1.38 bits per heavy atom. The zero-order chi connectivity index (χ0) is 18.5. The molecule has 2 aromatic rings. The molecular weight excluding hydrogens is 336 g/mol. The number of hydrogen-bond donors (Lipinski definition) is 3. The Bertz CT molecular complexity index is 848. The molecule has 1 saturated heterocycles. The molecule has 1 fully saturated rings. The fraction of sp³-hybridized carbons (Fsp3) is 0.312. The first-order chi connectivity index (χ1) is 12.6. The molecule has 0 amide bonds. The minimum atomic E-state index is -1.05. The van der Waals surface area contributed by atoms with Gasteiger partial charge in [-0.3, -0.25) is 0 Å². The van der Waals surface area contributed by atoms with Crippen LogP contribution >= 0.6 is 0 Å². The summed E-state index contributed by atoms with van der Waals surface area (Å²) in [5.74, 6) is -0.916. The predicted octanol–water partition coefficient (Wildman–Crippen LogP) is 0.626. The topological polar surface area (TPSA) is 134 Å². The van der Waals surface area contributed by atoms with E-state index >= 15 is 0 Å². The Morgan fingerprint density at radius 2 is 2.15 bits per heavy atom. The van der Waals surface area contributed by atoms with Gasteiger partial charge in [0.05, 0.1) is 11.3 Å². The summed E-state index contributed by atoms with van der Waals surface area (Å²) in [6.07, 6.45) is 1.36. The highest BCUT2D eigenvalue weighted by molar-refractivity contribution is 5.96. The molecule has 3 N–H and O–H groups in total. The fourth-order valence-corrected chi connectivity index (χ4v) is 2.67. The molecule has 1 aliphatic rings. The van der Waals surface area contributed by atoms with Crippen LogP contribution < -0.4 is 10.2 Å². The van der Waals surface area contributed by atoms with E-state index in [9.17, 15) is 15.2 Å². The van der Waals surface area contributed by atoms with E-state index in [1.165, 1.54) is 6.20 Å². The normalized spacial score (nSPS) is 15.5. The van der Waals surface area contributed by atoms with E-state index in [1.807, 2.05) is 12.1 Å². The SMILES string of the molecule is CN1CCN(c2ccc(NC=C(C#N)c3nn[nH]n3)c(C(=O)O)c2)CC1. The van der Waals surface area contributed by atoms with Gasteiger partial charge in [-0.25, -0.2) is 4.79 Å². The average Bonchev–Trinajstić information content (AvgIpc) is 3.17. The second-order valence-electron chi connectivity index (χ2n) is 5.87. The van der Waals surface area contributed by atoms with Gasteiger partial charge in [0.15, 0.2) is 0 Å². The van der Waals surface area contributed by atoms with Crippen LogP contribution in [0.2, 0.25) is 0 Å². The van der Waals surface area contributed by atoms with Crippen LogP contribution in [0.4, 0.5) is 11.4 Å². The number of piperazine rings is 1. The summed E-state index contributed by atoms with van der Waals surface area (Å²) in [6, 6.07) is 7.15. The molecular formula is C16H18N8O2. The number of allylic oxidation sites excluding steroid dienone is 1. The third kappa shape index (κ3) is 3.79. The first kappa shape index (κ1) is 17.4. The van der Waals surface area contributed by atoms with E-state index in [0.717, 1.165) is 31.9 Å². The van der Waals surface area contributed by atoms with Crippen LogP contribution in [-0.4, -0.2) is 69.8 Å². The maximum absolute atomic E-state index is 11.7. The summed E-state index contributed by atoms with van der Waals surface area (Å²) < 4.78 is 0. The predicted molar refractivity (Wildman–Crippen MR) is 94.5 cm³/mol. The van der Waals surface area contributed by atoms with Crippen LogP contribution in [0.15, 0.2) is 24.4 Å². The van der Waals surface area contributed by atoms with Gasteiger partial charge < -0.3 is 20.2 Å². The van der Waals surface area contributed by atoms with Gasteiger partial charge in [-0.05, 0) is 30.5 Å². The maximum atomic E-state index is 11.7. The molecule has 134 valence electrons. The molecule has 10 heteroatoms. The molecule has 2 heterocycles. The number of hydrogen-bond acceptors (Lipinski definition) is 8. The summed E-state index contributed by atoms with van der Waals surface area (Å²) in [5, 5.41) is 34.7. The van der Waals surface area contributed by atoms with E-state index in [0.29, 0.717) is 5.69 Å². The lowest BCUT2D eigenvalue weighted by molar-refractivity contribution is 0.0698. The van der Waals surface area contributed by atoms with Crippen molar-refractivity contribution in [1.82, 2.24) is 25.5 Å². The number of carboxylic acids is 1. The van der Waals surface area contributed by atoms with Gasteiger partial charge in [-0.1, -0.05) is 0 Å². The monoisotopic (exact) mass is 354 g/mol. The lowest BCUT2D eigenvalue weighted by Gasteiger charge is -2.34. The molecule has 0 saturated carbocycles. The quantitative estimate of drug-likeness (QED) is 0.661. The maximum Gasteiger partial charge on any atom is 0.337 e. The van der Waals surface area contributed by atoms with Crippen molar-refractivity contribution in [2.75, 3.05) is 43.4 Å². The van der Waals surface area contributed by atoms with E-state index in [1.54, 1.807) is 12.1 Å². The molecule has 0 bridgehead atoms. The lowest BCUT2D eigenvalue weighted by Crippen LogP contribution is -2.44.